The van der Waals surface area contributed by atoms with Crippen molar-refractivity contribution >= 4 is 35.6 Å². The number of carbonyl (C=O) groups is 5. The van der Waals surface area contributed by atoms with Crippen LogP contribution in [0.3, 0.4) is 0 Å². The first-order valence-corrected chi connectivity index (χ1v) is 11.8. The molecule has 36 heavy (non-hydrogen) atoms. The number of aliphatic imine (C=N–C) groups is 1. The molecule has 12 N–H and O–H groups in total. The van der Waals surface area contributed by atoms with Gasteiger partial charge in [0, 0.05) is 13.1 Å². The molecule has 1 aliphatic heterocycles. The van der Waals surface area contributed by atoms with Gasteiger partial charge in [0.2, 0.25) is 17.7 Å². The largest absolute Gasteiger partial charge is 0.481 e. The SMILES string of the molecule is NCCCCC(NC(=O)C(N)CCCN=C(N)N)C(=O)NC(CC(=O)O)C(=O)N1CCCC1C(=O)O. The molecule has 0 aromatic carbocycles. The maximum atomic E-state index is 13.0. The van der Waals surface area contributed by atoms with E-state index < -0.39 is 60.2 Å². The number of aliphatic carboxylic acids is 2. The number of unbranched alkanes of at least 4 members (excludes halogenated alkanes) is 1. The Morgan fingerprint density at radius 3 is 2.22 bits per heavy atom. The standard InChI is InChI=1S/C21H38N8O7/c22-8-2-1-6-13(27-17(32)12(23)5-3-9-26-21(24)25)18(33)28-14(11-16(30)31)19(34)29-10-4-7-15(29)20(35)36/h12-15H,1-11,22-23H2,(H,27,32)(H,28,33)(H,30,31)(H,35,36)(H4,24,25,26). The molecule has 1 rings (SSSR count). The average Bonchev–Trinajstić information content (AvgIpc) is 3.30. The number of rotatable bonds is 16. The van der Waals surface area contributed by atoms with Crippen LogP contribution in [0.15, 0.2) is 4.99 Å². The first kappa shape index (κ1) is 30.6. The van der Waals surface area contributed by atoms with Crippen molar-refractivity contribution in [1.29, 1.82) is 0 Å². The van der Waals surface area contributed by atoms with E-state index >= 15 is 0 Å². The summed E-state index contributed by atoms with van der Waals surface area (Å²) in [4.78, 5) is 66.3. The van der Waals surface area contributed by atoms with E-state index in [1.165, 1.54) is 0 Å². The summed E-state index contributed by atoms with van der Waals surface area (Å²) in [6, 6.07) is -4.66. The monoisotopic (exact) mass is 514 g/mol. The van der Waals surface area contributed by atoms with Crippen LogP contribution in [-0.4, -0.2) is 94.5 Å². The molecule has 3 amide bonds. The zero-order valence-electron chi connectivity index (χ0n) is 20.2. The van der Waals surface area contributed by atoms with E-state index in [1.807, 2.05) is 0 Å². The molecular weight excluding hydrogens is 476 g/mol. The second-order valence-electron chi connectivity index (χ2n) is 8.59. The third-order valence-electron chi connectivity index (χ3n) is 5.70. The minimum absolute atomic E-state index is 0.0845. The van der Waals surface area contributed by atoms with E-state index in [0.29, 0.717) is 32.2 Å². The van der Waals surface area contributed by atoms with Gasteiger partial charge in [-0.2, -0.15) is 0 Å². The van der Waals surface area contributed by atoms with E-state index in [1.54, 1.807) is 0 Å². The van der Waals surface area contributed by atoms with Gasteiger partial charge >= 0.3 is 11.9 Å². The third-order valence-corrected chi connectivity index (χ3v) is 5.70. The Kier molecular flexibility index (Phi) is 13.2. The Balaban J connectivity index is 2.92. The normalized spacial score (nSPS) is 17.5. The lowest BCUT2D eigenvalue weighted by Crippen LogP contribution is -2.57. The Bertz CT molecular complexity index is 818. The molecular formula is C21H38N8O7. The first-order chi connectivity index (χ1) is 17.0. The van der Waals surface area contributed by atoms with Crippen LogP contribution in [0.4, 0.5) is 0 Å². The molecule has 0 bridgehead atoms. The third kappa shape index (κ3) is 10.4. The van der Waals surface area contributed by atoms with Gasteiger partial charge in [-0.25, -0.2) is 4.79 Å². The van der Waals surface area contributed by atoms with E-state index in [-0.39, 0.29) is 38.3 Å². The fraction of sp³-hybridized carbons (Fsp3) is 0.714. The van der Waals surface area contributed by atoms with Crippen molar-refractivity contribution in [2.24, 2.45) is 27.9 Å². The highest BCUT2D eigenvalue weighted by Gasteiger charge is 2.39. The number of guanidine groups is 1. The molecule has 0 aromatic rings. The molecule has 0 aliphatic carbocycles. The fourth-order valence-electron chi connectivity index (χ4n) is 3.83. The molecule has 1 heterocycles. The second-order valence-corrected chi connectivity index (χ2v) is 8.59. The van der Waals surface area contributed by atoms with Crippen LogP contribution < -0.4 is 33.6 Å². The second kappa shape index (κ2) is 15.5. The number of amides is 3. The van der Waals surface area contributed by atoms with Crippen LogP contribution in [0.5, 0.6) is 0 Å². The van der Waals surface area contributed by atoms with Gasteiger partial charge in [0.25, 0.3) is 0 Å². The summed E-state index contributed by atoms with van der Waals surface area (Å²) in [7, 11) is 0. The summed E-state index contributed by atoms with van der Waals surface area (Å²) < 4.78 is 0. The Morgan fingerprint density at radius 1 is 0.972 bits per heavy atom. The van der Waals surface area contributed by atoms with Crippen molar-refractivity contribution in [3.05, 3.63) is 0 Å². The molecule has 0 aromatic heterocycles. The van der Waals surface area contributed by atoms with E-state index in [4.69, 9.17) is 22.9 Å². The molecule has 204 valence electrons. The van der Waals surface area contributed by atoms with Crippen LogP contribution in [0.2, 0.25) is 0 Å². The van der Waals surface area contributed by atoms with Gasteiger partial charge in [-0.05, 0) is 51.5 Å². The number of nitrogens with two attached hydrogens (primary N) is 4. The summed E-state index contributed by atoms with van der Waals surface area (Å²) in [5.41, 5.74) is 21.9. The van der Waals surface area contributed by atoms with Gasteiger partial charge < -0.3 is 48.7 Å². The lowest BCUT2D eigenvalue weighted by Gasteiger charge is -2.28. The number of nitrogens with zero attached hydrogens (tertiary/aromatic N) is 2. The van der Waals surface area contributed by atoms with Gasteiger partial charge in [0.1, 0.15) is 18.1 Å². The Labute approximate surface area is 209 Å². The fourth-order valence-corrected chi connectivity index (χ4v) is 3.83. The topological polar surface area (TPSA) is 270 Å². The van der Waals surface area contributed by atoms with Crippen LogP contribution >= 0.6 is 0 Å². The molecule has 1 aliphatic rings. The molecule has 1 saturated heterocycles. The maximum absolute atomic E-state index is 13.0. The van der Waals surface area contributed by atoms with Gasteiger partial charge in [-0.1, -0.05) is 0 Å². The van der Waals surface area contributed by atoms with Crippen molar-refractivity contribution in [2.45, 2.75) is 75.5 Å². The van der Waals surface area contributed by atoms with Crippen molar-refractivity contribution in [2.75, 3.05) is 19.6 Å². The van der Waals surface area contributed by atoms with E-state index in [0.717, 1.165) is 4.90 Å². The highest BCUT2D eigenvalue weighted by molar-refractivity contribution is 5.95. The number of nitrogens with one attached hydrogen (secondary N) is 2. The molecule has 15 nitrogen and oxygen atoms in total. The summed E-state index contributed by atoms with van der Waals surface area (Å²) in [5, 5.41) is 23.6. The minimum Gasteiger partial charge on any atom is -0.481 e. The Hall–Kier alpha value is -3.46. The van der Waals surface area contributed by atoms with Crippen molar-refractivity contribution in [3.8, 4) is 0 Å². The van der Waals surface area contributed by atoms with Crippen LogP contribution in [0.25, 0.3) is 0 Å². The Morgan fingerprint density at radius 2 is 1.64 bits per heavy atom. The summed E-state index contributed by atoms with van der Waals surface area (Å²) >= 11 is 0. The summed E-state index contributed by atoms with van der Waals surface area (Å²) in [6.45, 7) is 0.766. The first-order valence-electron chi connectivity index (χ1n) is 11.8. The maximum Gasteiger partial charge on any atom is 0.326 e. The number of hydrogen-bond donors (Lipinski definition) is 8. The van der Waals surface area contributed by atoms with Gasteiger partial charge in [0.15, 0.2) is 5.96 Å². The smallest absolute Gasteiger partial charge is 0.326 e. The van der Waals surface area contributed by atoms with Gasteiger partial charge in [-0.3, -0.25) is 24.2 Å². The molecule has 1 fully saturated rings. The summed E-state index contributed by atoms with van der Waals surface area (Å²) in [6.07, 6.45) is 1.79. The minimum atomic E-state index is -1.50. The van der Waals surface area contributed by atoms with E-state index in [2.05, 4.69) is 15.6 Å². The predicted molar refractivity (Wildman–Crippen MR) is 129 cm³/mol. The quantitative estimate of drug-likeness (QED) is 0.0584. The highest BCUT2D eigenvalue weighted by Crippen LogP contribution is 2.19. The zero-order chi connectivity index (χ0) is 27.3. The summed E-state index contributed by atoms with van der Waals surface area (Å²) in [5.74, 6) is -4.84. The zero-order valence-corrected chi connectivity index (χ0v) is 20.2. The number of carboxylic acid groups (broad SMARTS) is 2. The number of likely N-dealkylation sites (tertiary alicyclic amines) is 1. The highest BCUT2D eigenvalue weighted by atomic mass is 16.4. The van der Waals surface area contributed by atoms with Crippen LogP contribution in [-0.2, 0) is 24.0 Å². The molecule has 0 saturated carbocycles. The molecule has 0 spiro atoms. The molecule has 4 atom stereocenters. The molecule has 15 heteroatoms. The lowest BCUT2D eigenvalue weighted by molar-refractivity contribution is -0.150. The number of hydrogen-bond acceptors (Lipinski definition) is 8. The molecule has 0 radical (unpaired) electrons. The number of carboxylic acids is 2. The van der Waals surface area contributed by atoms with Crippen LogP contribution in [0.1, 0.15) is 51.4 Å². The number of carbonyl (C=O) groups excluding carboxylic acids is 3. The van der Waals surface area contributed by atoms with Crippen molar-refractivity contribution in [1.82, 2.24) is 15.5 Å². The van der Waals surface area contributed by atoms with Crippen molar-refractivity contribution in [3.63, 3.8) is 0 Å². The average molecular weight is 515 g/mol. The van der Waals surface area contributed by atoms with E-state index in [9.17, 15) is 34.2 Å². The van der Waals surface area contributed by atoms with Crippen LogP contribution in [0, 0.1) is 0 Å². The van der Waals surface area contributed by atoms with Crippen molar-refractivity contribution < 1.29 is 34.2 Å². The predicted octanol–water partition coefficient (Wildman–Crippen LogP) is -2.98. The lowest BCUT2D eigenvalue weighted by atomic mass is 10.1. The molecule has 4 unspecified atom stereocenters. The van der Waals surface area contributed by atoms with Gasteiger partial charge in [-0.15, -0.1) is 0 Å². The van der Waals surface area contributed by atoms with Gasteiger partial charge in [0.05, 0.1) is 12.5 Å².